The molecule has 1 N–H and O–H groups in total. The van der Waals surface area contributed by atoms with Crippen molar-refractivity contribution in [3.05, 3.63) is 29.8 Å². The van der Waals surface area contributed by atoms with Crippen molar-refractivity contribution < 1.29 is 9.47 Å². The molecule has 0 heterocycles. The Kier molecular flexibility index (Phi) is 10.9. The first kappa shape index (κ1) is 22.0. The van der Waals surface area contributed by atoms with Crippen LogP contribution in [0.1, 0.15) is 25.3 Å². The van der Waals surface area contributed by atoms with Gasteiger partial charge in [-0.15, -0.1) is 24.0 Å². The van der Waals surface area contributed by atoms with Crippen LogP contribution >= 0.6 is 24.0 Å². The van der Waals surface area contributed by atoms with E-state index in [1.54, 1.807) is 0 Å². The summed E-state index contributed by atoms with van der Waals surface area (Å²) in [6, 6.07) is 8.26. The van der Waals surface area contributed by atoms with Gasteiger partial charge in [-0.05, 0) is 49.8 Å². The average molecular weight is 461 g/mol. The maximum atomic E-state index is 5.69. The van der Waals surface area contributed by atoms with Gasteiger partial charge in [-0.3, -0.25) is 4.99 Å². The molecule has 0 spiro atoms. The van der Waals surface area contributed by atoms with Gasteiger partial charge in [0.25, 0.3) is 0 Å². The molecule has 0 amide bonds. The maximum absolute atomic E-state index is 5.69. The minimum atomic E-state index is 0. The van der Waals surface area contributed by atoms with E-state index in [4.69, 9.17) is 9.47 Å². The van der Waals surface area contributed by atoms with Crippen LogP contribution in [-0.4, -0.2) is 57.9 Å². The largest absolute Gasteiger partial charge is 0.494 e. The van der Waals surface area contributed by atoms with Gasteiger partial charge in [0, 0.05) is 33.8 Å². The van der Waals surface area contributed by atoms with E-state index in [0.717, 1.165) is 50.4 Å². The molecule has 2 rings (SSSR count). The molecule has 1 aromatic carbocycles. The molecule has 25 heavy (non-hydrogen) atoms. The highest BCUT2D eigenvalue weighted by atomic mass is 127. The first-order valence-corrected chi connectivity index (χ1v) is 8.94. The molecule has 1 fully saturated rings. The molecule has 0 atom stereocenters. The van der Waals surface area contributed by atoms with Crippen LogP contribution in [0.15, 0.2) is 29.3 Å². The summed E-state index contributed by atoms with van der Waals surface area (Å²) in [5.41, 5.74) is 1.26. The molecule has 1 aliphatic rings. The highest BCUT2D eigenvalue weighted by Gasteiger charge is 2.21. The van der Waals surface area contributed by atoms with Crippen molar-refractivity contribution in [2.45, 2.75) is 26.2 Å². The van der Waals surface area contributed by atoms with E-state index in [9.17, 15) is 0 Å². The van der Waals surface area contributed by atoms with E-state index in [-0.39, 0.29) is 24.0 Å². The van der Waals surface area contributed by atoms with Crippen molar-refractivity contribution in [2.24, 2.45) is 10.9 Å². The summed E-state index contributed by atoms with van der Waals surface area (Å²) in [6.45, 7) is 6.06. The average Bonchev–Trinajstić information content (AvgIpc) is 3.40. The van der Waals surface area contributed by atoms with Gasteiger partial charge in [-0.2, -0.15) is 0 Å². The van der Waals surface area contributed by atoms with Crippen LogP contribution in [0.25, 0.3) is 0 Å². The second kappa shape index (κ2) is 12.4. The van der Waals surface area contributed by atoms with Gasteiger partial charge in [0.1, 0.15) is 5.75 Å². The van der Waals surface area contributed by atoms with E-state index in [2.05, 4.69) is 27.3 Å². The van der Waals surface area contributed by atoms with Crippen molar-refractivity contribution in [1.29, 1.82) is 0 Å². The van der Waals surface area contributed by atoms with Gasteiger partial charge in [0.05, 0.1) is 13.2 Å². The summed E-state index contributed by atoms with van der Waals surface area (Å²) in [6.07, 6.45) is 3.61. The number of benzene rings is 1. The molecule has 1 aliphatic carbocycles. The van der Waals surface area contributed by atoms with Gasteiger partial charge in [0.2, 0.25) is 0 Å². The summed E-state index contributed by atoms with van der Waals surface area (Å²) in [4.78, 5) is 6.46. The third-order valence-electron chi connectivity index (χ3n) is 4.10. The van der Waals surface area contributed by atoms with Gasteiger partial charge < -0.3 is 19.7 Å². The van der Waals surface area contributed by atoms with Crippen LogP contribution in [0.3, 0.4) is 0 Å². The van der Waals surface area contributed by atoms with E-state index in [1.807, 2.05) is 33.2 Å². The third-order valence-corrected chi connectivity index (χ3v) is 4.10. The third kappa shape index (κ3) is 8.76. The normalized spacial score (nSPS) is 14.0. The Balaban J connectivity index is 0.00000312. The molecule has 1 saturated carbocycles. The zero-order valence-electron chi connectivity index (χ0n) is 15.7. The Hall–Kier alpha value is -1.02. The van der Waals surface area contributed by atoms with Gasteiger partial charge >= 0.3 is 0 Å². The smallest absolute Gasteiger partial charge is 0.193 e. The summed E-state index contributed by atoms with van der Waals surface area (Å²) in [7, 11) is 3.87. The molecule has 0 aromatic heterocycles. The minimum absolute atomic E-state index is 0. The number of halogens is 1. The summed E-state index contributed by atoms with van der Waals surface area (Å²) >= 11 is 0. The summed E-state index contributed by atoms with van der Waals surface area (Å²) < 4.78 is 11.2. The summed E-state index contributed by atoms with van der Waals surface area (Å²) in [5.74, 6) is 2.66. The lowest BCUT2D eigenvalue weighted by atomic mass is 10.1. The molecular weight excluding hydrogens is 429 g/mol. The van der Waals surface area contributed by atoms with Crippen LogP contribution < -0.4 is 10.1 Å². The molecule has 6 heteroatoms. The van der Waals surface area contributed by atoms with Crippen molar-refractivity contribution >= 4 is 29.9 Å². The Morgan fingerprint density at radius 1 is 1.36 bits per heavy atom. The number of ether oxygens (including phenoxy) is 2. The monoisotopic (exact) mass is 461 g/mol. The van der Waals surface area contributed by atoms with Crippen molar-refractivity contribution in [3.63, 3.8) is 0 Å². The lowest BCUT2D eigenvalue weighted by Crippen LogP contribution is -2.41. The van der Waals surface area contributed by atoms with Crippen molar-refractivity contribution in [2.75, 3.05) is 47.0 Å². The predicted octanol–water partition coefficient (Wildman–Crippen LogP) is 3.18. The van der Waals surface area contributed by atoms with Crippen molar-refractivity contribution in [3.8, 4) is 5.75 Å². The Labute approximate surface area is 169 Å². The molecule has 0 aliphatic heterocycles. The first-order chi connectivity index (χ1) is 11.7. The second-order valence-corrected chi connectivity index (χ2v) is 6.24. The first-order valence-electron chi connectivity index (χ1n) is 8.94. The Morgan fingerprint density at radius 2 is 2.16 bits per heavy atom. The quantitative estimate of drug-likeness (QED) is 0.252. The molecule has 0 bridgehead atoms. The Morgan fingerprint density at radius 3 is 2.84 bits per heavy atom. The zero-order valence-corrected chi connectivity index (χ0v) is 18.0. The van der Waals surface area contributed by atoms with Crippen LogP contribution in [0.4, 0.5) is 0 Å². The highest BCUT2D eigenvalue weighted by molar-refractivity contribution is 14.0. The molecule has 142 valence electrons. The molecule has 0 saturated heterocycles. The molecule has 5 nitrogen and oxygen atoms in total. The number of hydrogen-bond acceptors (Lipinski definition) is 3. The topological polar surface area (TPSA) is 46.1 Å². The number of nitrogens with one attached hydrogen (secondary N) is 1. The van der Waals surface area contributed by atoms with Crippen molar-refractivity contribution in [1.82, 2.24) is 10.2 Å². The number of guanidine groups is 1. The second-order valence-electron chi connectivity index (χ2n) is 6.24. The minimum Gasteiger partial charge on any atom is -0.494 e. The summed E-state index contributed by atoms with van der Waals surface area (Å²) in [5, 5.41) is 3.41. The van der Waals surface area contributed by atoms with E-state index in [1.165, 1.54) is 18.4 Å². The predicted molar refractivity (Wildman–Crippen MR) is 114 cm³/mol. The molecule has 0 radical (unpaired) electrons. The fourth-order valence-electron chi connectivity index (χ4n) is 2.50. The SMILES string of the molecule is CCOc1cccc(CCNC(=NC)N(C)CCOCC2CC2)c1.I. The number of likely N-dealkylation sites (N-methyl/N-ethyl adjacent to an activating group) is 1. The van der Waals surface area contributed by atoms with Crippen LogP contribution in [0.2, 0.25) is 0 Å². The van der Waals surface area contributed by atoms with Crippen LogP contribution in [0.5, 0.6) is 5.75 Å². The van der Waals surface area contributed by atoms with Gasteiger partial charge in [-0.1, -0.05) is 12.1 Å². The van der Waals surface area contributed by atoms with Crippen LogP contribution in [0, 0.1) is 5.92 Å². The fourth-order valence-corrected chi connectivity index (χ4v) is 2.50. The number of nitrogens with zero attached hydrogens (tertiary/aromatic N) is 2. The Bertz CT molecular complexity index is 521. The highest BCUT2D eigenvalue weighted by Crippen LogP contribution is 2.28. The lowest BCUT2D eigenvalue weighted by molar-refractivity contribution is 0.115. The van der Waals surface area contributed by atoms with Crippen LogP contribution in [-0.2, 0) is 11.2 Å². The molecular formula is C19H32IN3O2. The van der Waals surface area contributed by atoms with Gasteiger partial charge in [-0.25, -0.2) is 0 Å². The zero-order chi connectivity index (χ0) is 17.2. The number of hydrogen-bond donors (Lipinski definition) is 1. The number of rotatable bonds is 10. The lowest BCUT2D eigenvalue weighted by Gasteiger charge is -2.22. The number of aliphatic imine (C=N–C) groups is 1. The maximum Gasteiger partial charge on any atom is 0.193 e. The molecule has 0 unspecified atom stereocenters. The fraction of sp³-hybridized carbons (Fsp3) is 0.632. The van der Waals surface area contributed by atoms with E-state index >= 15 is 0 Å². The van der Waals surface area contributed by atoms with Gasteiger partial charge in [0.15, 0.2) is 5.96 Å². The van der Waals surface area contributed by atoms with E-state index in [0.29, 0.717) is 6.61 Å². The molecule has 1 aromatic rings. The van der Waals surface area contributed by atoms with E-state index < -0.39 is 0 Å². The standard InChI is InChI=1S/C19H31N3O2.HI/c1-4-24-18-7-5-6-16(14-18)10-11-21-19(20-2)22(3)12-13-23-15-17-8-9-17;/h5-7,14,17H,4,8-13,15H2,1-3H3,(H,20,21);1H.